The topological polar surface area (TPSA) is 86.8 Å². The predicted octanol–water partition coefficient (Wildman–Crippen LogP) is 2.31. The minimum atomic E-state index is -0.611. The first-order valence-electron chi connectivity index (χ1n) is 9.79. The number of rotatable bonds is 4. The van der Waals surface area contributed by atoms with Crippen molar-refractivity contribution in [1.29, 1.82) is 0 Å². The Morgan fingerprint density at radius 3 is 2.57 bits per heavy atom. The number of aromatic nitrogens is 1. The maximum atomic E-state index is 13.0. The number of methoxy groups -OCH3 is 2. The Hall–Kier alpha value is -2.54. The van der Waals surface area contributed by atoms with E-state index >= 15 is 0 Å². The molecule has 28 heavy (non-hydrogen) atoms. The molecule has 0 amide bonds. The quantitative estimate of drug-likeness (QED) is 0.813. The summed E-state index contributed by atoms with van der Waals surface area (Å²) in [7, 11) is 2.92. The molecule has 0 unspecified atom stereocenters. The van der Waals surface area contributed by atoms with E-state index in [4.69, 9.17) is 15.2 Å². The number of nitrogens with two attached hydrogens (primary N) is 1. The monoisotopic (exact) mass is 385 g/mol. The van der Waals surface area contributed by atoms with E-state index in [9.17, 15) is 9.59 Å². The van der Waals surface area contributed by atoms with Crippen LogP contribution >= 0.6 is 0 Å². The van der Waals surface area contributed by atoms with E-state index < -0.39 is 5.97 Å². The first-order chi connectivity index (χ1) is 13.4. The van der Waals surface area contributed by atoms with E-state index in [1.807, 2.05) is 10.6 Å². The predicted molar refractivity (Wildman–Crippen MR) is 108 cm³/mol. The zero-order valence-electron chi connectivity index (χ0n) is 16.6. The summed E-state index contributed by atoms with van der Waals surface area (Å²) in [5, 5.41) is 0.477. The summed E-state index contributed by atoms with van der Waals surface area (Å²) in [5.74, 6) is 0.538. The molecule has 1 saturated carbocycles. The number of carbonyl (C=O) groups excluding carboxylic acids is 1. The maximum absolute atomic E-state index is 13.0. The summed E-state index contributed by atoms with van der Waals surface area (Å²) in [6, 6.07) is 4.08. The number of anilines is 1. The van der Waals surface area contributed by atoms with Crippen LogP contribution < -0.4 is 20.8 Å². The molecule has 1 aliphatic carbocycles. The molecule has 1 saturated heterocycles. The van der Waals surface area contributed by atoms with Gasteiger partial charge in [-0.25, -0.2) is 4.79 Å². The maximum Gasteiger partial charge on any atom is 0.343 e. The van der Waals surface area contributed by atoms with Crippen LogP contribution in [0.15, 0.2) is 23.1 Å². The molecule has 4 rings (SSSR count). The van der Waals surface area contributed by atoms with Crippen molar-refractivity contribution in [3.63, 3.8) is 0 Å². The van der Waals surface area contributed by atoms with Gasteiger partial charge in [0.15, 0.2) is 5.75 Å². The normalized spacial score (nSPS) is 22.4. The standard InChI is InChI=1S/C21H27N3O4/c1-12-8-13(22)10-23(9-12)17-7-6-15-18(20(17)27-2)24(14-4-5-14)11-16(19(15)25)21(26)28-3/h6-7,11-14H,4-5,8-10,22H2,1-3H3/t12-,13-/m0/s1. The molecule has 1 aromatic carbocycles. The zero-order valence-corrected chi connectivity index (χ0v) is 16.6. The van der Waals surface area contributed by atoms with Crippen LogP contribution in [0.25, 0.3) is 10.9 Å². The molecule has 2 N–H and O–H groups in total. The van der Waals surface area contributed by atoms with Gasteiger partial charge in [-0.15, -0.1) is 0 Å². The molecule has 1 aromatic heterocycles. The van der Waals surface area contributed by atoms with Crippen molar-refractivity contribution in [2.24, 2.45) is 11.7 Å². The molecular weight excluding hydrogens is 358 g/mol. The smallest absolute Gasteiger partial charge is 0.343 e. The molecular formula is C21H27N3O4. The van der Waals surface area contributed by atoms with Gasteiger partial charge in [0.2, 0.25) is 5.43 Å². The Morgan fingerprint density at radius 2 is 1.96 bits per heavy atom. The van der Waals surface area contributed by atoms with Crippen molar-refractivity contribution >= 4 is 22.6 Å². The van der Waals surface area contributed by atoms with Gasteiger partial charge in [-0.3, -0.25) is 4.79 Å². The van der Waals surface area contributed by atoms with Crippen molar-refractivity contribution in [1.82, 2.24) is 4.57 Å². The van der Waals surface area contributed by atoms with Crippen LogP contribution in [0.1, 0.15) is 42.6 Å². The van der Waals surface area contributed by atoms with E-state index in [0.29, 0.717) is 17.1 Å². The Morgan fingerprint density at radius 1 is 1.21 bits per heavy atom. The molecule has 7 heteroatoms. The molecule has 2 fully saturated rings. The fraction of sp³-hybridized carbons (Fsp3) is 0.524. The minimum absolute atomic E-state index is 0.0605. The van der Waals surface area contributed by atoms with Crippen molar-refractivity contribution in [3.05, 3.63) is 34.1 Å². The average molecular weight is 385 g/mol. The van der Waals surface area contributed by atoms with Crippen LogP contribution in [-0.2, 0) is 4.74 Å². The highest BCUT2D eigenvalue weighted by Crippen LogP contribution is 2.43. The molecule has 2 aliphatic rings. The van der Waals surface area contributed by atoms with Crippen molar-refractivity contribution < 1.29 is 14.3 Å². The van der Waals surface area contributed by atoms with E-state index in [1.165, 1.54) is 7.11 Å². The van der Waals surface area contributed by atoms with Gasteiger partial charge in [0.1, 0.15) is 5.56 Å². The summed E-state index contributed by atoms with van der Waals surface area (Å²) < 4.78 is 12.7. The van der Waals surface area contributed by atoms with E-state index in [-0.39, 0.29) is 23.1 Å². The van der Waals surface area contributed by atoms with Gasteiger partial charge in [-0.05, 0) is 37.3 Å². The summed E-state index contributed by atoms with van der Waals surface area (Å²) >= 11 is 0. The van der Waals surface area contributed by atoms with Crippen LogP contribution in [0.5, 0.6) is 5.75 Å². The third-order valence-corrected chi connectivity index (χ3v) is 5.71. The third-order valence-electron chi connectivity index (χ3n) is 5.71. The summed E-state index contributed by atoms with van der Waals surface area (Å²) in [6.45, 7) is 3.84. The Labute approximate surface area is 164 Å². The number of fused-ring (bicyclic) bond motifs is 1. The molecule has 7 nitrogen and oxygen atoms in total. The fourth-order valence-corrected chi connectivity index (χ4v) is 4.35. The van der Waals surface area contributed by atoms with Gasteiger partial charge < -0.3 is 24.7 Å². The van der Waals surface area contributed by atoms with E-state index in [2.05, 4.69) is 11.8 Å². The van der Waals surface area contributed by atoms with Gasteiger partial charge in [0, 0.05) is 31.4 Å². The first-order valence-corrected chi connectivity index (χ1v) is 9.79. The van der Waals surface area contributed by atoms with Crippen LogP contribution in [0.4, 0.5) is 5.69 Å². The molecule has 1 aliphatic heterocycles. The van der Waals surface area contributed by atoms with E-state index in [0.717, 1.165) is 43.6 Å². The Balaban J connectivity index is 1.95. The van der Waals surface area contributed by atoms with Crippen LogP contribution in [-0.4, -0.2) is 43.9 Å². The minimum Gasteiger partial charge on any atom is -0.492 e. The highest BCUT2D eigenvalue weighted by Gasteiger charge is 2.31. The highest BCUT2D eigenvalue weighted by molar-refractivity contribution is 5.97. The number of ether oxygens (including phenoxy) is 2. The largest absolute Gasteiger partial charge is 0.492 e. The number of hydrogen-bond acceptors (Lipinski definition) is 6. The number of benzene rings is 1. The Bertz CT molecular complexity index is 970. The summed E-state index contributed by atoms with van der Waals surface area (Å²) in [4.78, 5) is 27.3. The second-order valence-electron chi connectivity index (χ2n) is 8.02. The molecule has 0 spiro atoms. The van der Waals surface area contributed by atoms with Crippen molar-refractivity contribution in [3.8, 4) is 5.75 Å². The van der Waals surface area contributed by atoms with Gasteiger partial charge in [-0.1, -0.05) is 6.92 Å². The molecule has 0 radical (unpaired) electrons. The van der Waals surface area contributed by atoms with Gasteiger partial charge in [-0.2, -0.15) is 0 Å². The Kier molecular flexibility index (Phi) is 4.79. The second kappa shape index (κ2) is 7.13. The highest BCUT2D eigenvalue weighted by atomic mass is 16.5. The molecule has 2 atom stereocenters. The number of hydrogen-bond donors (Lipinski definition) is 1. The SMILES string of the molecule is COC(=O)c1cn(C2CC2)c2c(OC)c(N3C[C@@H](C)C[C@H](N)C3)ccc2c1=O. The second-order valence-corrected chi connectivity index (χ2v) is 8.02. The third kappa shape index (κ3) is 3.13. The van der Waals surface area contributed by atoms with Gasteiger partial charge in [0.05, 0.1) is 30.8 Å². The van der Waals surface area contributed by atoms with Crippen molar-refractivity contribution in [2.45, 2.75) is 38.3 Å². The van der Waals surface area contributed by atoms with Crippen LogP contribution in [0.2, 0.25) is 0 Å². The summed E-state index contributed by atoms with van der Waals surface area (Å²) in [5.41, 5.74) is 7.67. The zero-order chi connectivity index (χ0) is 20.0. The molecule has 2 aromatic rings. The lowest BCUT2D eigenvalue weighted by molar-refractivity contribution is 0.0598. The fourth-order valence-electron chi connectivity index (χ4n) is 4.35. The van der Waals surface area contributed by atoms with Gasteiger partial charge in [0.25, 0.3) is 0 Å². The number of nitrogens with zero attached hydrogens (tertiary/aromatic N) is 2. The lowest BCUT2D eigenvalue weighted by Crippen LogP contribution is -2.46. The summed E-state index contributed by atoms with van der Waals surface area (Å²) in [6.07, 6.45) is 4.65. The lowest BCUT2D eigenvalue weighted by atomic mass is 9.95. The van der Waals surface area contributed by atoms with E-state index in [1.54, 1.807) is 19.4 Å². The van der Waals surface area contributed by atoms with Crippen LogP contribution in [0, 0.1) is 5.92 Å². The molecule has 2 heterocycles. The number of pyridine rings is 1. The number of carbonyl (C=O) groups is 1. The van der Waals surface area contributed by atoms with Crippen LogP contribution in [0.3, 0.4) is 0 Å². The molecule has 150 valence electrons. The van der Waals surface area contributed by atoms with Crippen molar-refractivity contribution in [2.75, 3.05) is 32.2 Å². The average Bonchev–Trinajstić information content (AvgIpc) is 3.51. The molecule has 0 bridgehead atoms. The number of piperidine rings is 1. The van der Waals surface area contributed by atoms with Gasteiger partial charge >= 0.3 is 5.97 Å². The lowest BCUT2D eigenvalue weighted by Gasteiger charge is -2.37. The number of esters is 1. The first kappa shape index (κ1) is 18.8.